The number of hydrogen-bond donors (Lipinski definition) is 2. The number of rotatable bonds is 6. The van der Waals surface area contributed by atoms with E-state index in [9.17, 15) is 9.59 Å². The predicted octanol–water partition coefficient (Wildman–Crippen LogP) is 3.88. The maximum atomic E-state index is 12.8. The molecule has 2 heterocycles. The number of carbonyl (C=O) groups excluding carboxylic acids is 2. The molecule has 33 heavy (non-hydrogen) atoms. The lowest BCUT2D eigenvalue weighted by molar-refractivity contribution is 0.0599. The van der Waals surface area contributed by atoms with Crippen LogP contribution >= 0.6 is 0 Å². The number of anilines is 2. The number of carbonyl (C=O) groups is 2. The minimum atomic E-state index is -0.430. The number of fused-ring (bicyclic) bond motifs is 1. The predicted molar refractivity (Wildman–Crippen MR) is 125 cm³/mol. The largest absolute Gasteiger partial charge is 0.465 e. The number of aromatic nitrogens is 4. The summed E-state index contributed by atoms with van der Waals surface area (Å²) >= 11 is 0. The topological polar surface area (TPSA) is 111 Å². The highest BCUT2D eigenvalue weighted by atomic mass is 16.5. The Balaban J connectivity index is 1.47. The Morgan fingerprint density at radius 1 is 1.12 bits per heavy atom. The van der Waals surface area contributed by atoms with E-state index in [1.54, 1.807) is 42.2 Å². The average molecular weight is 444 g/mol. The average Bonchev–Trinajstić information content (AvgIpc) is 3.18. The van der Waals surface area contributed by atoms with Crippen molar-refractivity contribution in [2.24, 2.45) is 7.05 Å². The summed E-state index contributed by atoms with van der Waals surface area (Å²) in [4.78, 5) is 33.5. The lowest BCUT2D eigenvalue weighted by atomic mass is 10.0. The van der Waals surface area contributed by atoms with Crippen molar-refractivity contribution in [2.45, 2.75) is 19.9 Å². The second-order valence-corrected chi connectivity index (χ2v) is 7.70. The Morgan fingerprint density at radius 3 is 2.70 bits per heavy atom. The second kappa shape index (κ2) is 9.07. The van der Waals surface area contributed by atoms with Crippen molar-refractivity contribution in [2.75, 3.05) is 17.7 Å². The van der Waals surface area contributed by atoms with Crippen LogP contribution in [0.4, 0.5) is 11.5 Å². The number of esters is 1. The van der Waals surface area contributed by atoms with Gasteiger partial charge in [0.2, 0.25) is 0 Å². The van der Waals surface area contributed by atoms with Crippen LogP contribution in [-0.2, 0) is 11.8 Å². The second-order valence-electron chi connectivity index (χ2n) is 7.70. The fourth-order valence-corrected chi connectivity index (χ4v) is 3.52. The van der Waals surface area contributed by atoms with Gasteiger partial charge in [0.05, 0.1) is 31.1 Å². The summed E-state index contributed by atoms with van der Waals surface area (Å²) < 4.78 is 6.43. The molecule has 4 aromatic rings. The molecule has 1 atom stereocenters. The van der Waals surface area contributed by atoms with Crippen LogP contribution in [-0.4, -0.2) is 38.7 Å². The third kappa shape index (κ3) is 4.67. The molecular formula is C24H24N6O3. The van der Waals surface area contributed by atoms with E-state index in [2.05, 4.69) is 25.7 Å². The fraction of sp³-hybridized carbons (Fsp3) is 0.208. The van der Waals surface area contributed by atoms with E-state index in [4.69, 9.17) is 4.74 Å². The van der Waals surface area contributed by atoms with Crippen LogP contribution in [0.1, 0.15) is 44.8 Å². The highest BCUT2D eigenvalue weighted by Crippen LogP contribution is 2.22. The molecule has 0 saturated heterocycles. The van der Waals surface area contributed by atoms with E-state index in [-0.39, 0.29) is 11.9 Å². The van der Waals surface area contributed by atoms with Gasteiger partial charge in [0, 0.05) is 18.3 Å². The van der Waals surface area contributed by atoms with Gasteiger partial charge < -0.3 is 15.4 Å². The van der Waals surface area contributed by atoms with Gasteiger partial charge in [0.25, 0.3) is 5.91 Å². The number of aryl methyl sites for hydroxylation is 2. The summed E-state index contributed by atoms with van der Waals surface area (Å²) in [5, 5.41) is 10.4. The Labute approximate surface area is 190 Å². The van der Waals surface area contributed by atoms with Gasteiger partial charge in [0.1, 0.15) is 11.3 Å². The van der Waals surface area contributed by atoms with Crippen LogP contribution in [0, 0.1) is 6.92 Å². The monoisotopic (exact) mass is 444 g/mol. The molecule has 0 unspecified atom stereocenters. The van der Waals surface area contributed by atoms with Gasteiger partial charge in [-0.25, -0.2) is 19.4 Å². The zero-order valence-corrected chi connectivity index (χ0v) is 18.8. The lowest BCUT2D eigenvalue weighted by Gasteiger charge is -2.16. The van der Waals surface area contributed by atoms with Crippen molar-refractivity contribution >= 4 is 34.5 Å². The van der Waals surface area contributed by atoms with Crippen LogP contribution in [0.2, 0.25) is 0 Å². The normalized spacial score (nSPS) is 11.8. The zero-order chi connectivity index (χ0) is 23.5. The summed E-state index contributed by atoms with van der Waals surface area (Å²) in [7, 11) is 3.15. The number of amides is 1. The highest BCUT2D eigenvalue weighted by molar-refractivity contribution is 6.05. The van der Waals surface area contributed by atoms with E-state index in [1.165, 1.54) is 7.11 Å². The van der Waals surface area contributed by atoms with Crippen molar-refractivity contribution in [3.05, 3.63) is 77.1 Å². The number of methoxy groups -OCH3 is 1. The van der Waals surface area contributed by atoms with Gasteiger partial charge in [-0.1, -0.05) is 12.1 Å². The number of hydrogen-bond acceptors (Lipinski definition) is 7. The van der Waals surface area contributed by atoms with E-state index < -0.39 is 5.97 Å². The molecule has 0 saturated carbocycles. The molecule has 0 aliphatic heterocycles. The van der Waals surface area contributed by atoms with Gasteiger partial charge in [-0.3, -0.25) is 4.79 Å². The smallest absolute Gasteiger partial charge is 0.338 e. The molecule has 2 N–H and O–H groups in total. The molecule has 9 heteroatoms. The van der Waals surface area contributed by atoms with Gasteiger partial charge in [-0.05, 0) is 55.3 Å². The van der Waals surface area contributed by atoms with E-state index in [1.807, 2.05) is 38.2 Å². The van der Waals surface area contributed by atoms with Crippen molar-refractivity contribution < 1.29 is 14.3 Å². The van der Waals surface area contributed by atoms with Crippen molar-refractivity contribution in [1.29, 1.82) is 0 Å². The molecule has 0 spiro atoms. The Bertz CT molecular complexity index is 1350. The third-order valence-corrected chi connectivity index (χ3v) is 5.34. The van der Waals surface area contributed by atoms with Crippen LogP contribution in [0.3, 0.4) is 0 Å². The van der Waals surface area contributed by atoms with Gasteiger partial charge in [-0.2, -0.15) is 5.10 Å². The van der Waals surface area contributed by atoms with Crippen molar-refractivity contribution in [3.8, 4) is 0 Å². The molecule has 0 aliphatic rings. The van der Waals surface area contributed by atoms with Crippen molar-refractivity contribution in [1.82, 2.24) is 19.7 Å². The first-order chi connectivity index (χ1) is 15.9. The fourth-order valence-electron chi connectivity index (χ4n) is 3.52. The molecule has 0 fully saturated rings. The van der Waals surface area contributed by atoms with E-state index in [0.29, 0.717) is 33.8 Å². The molecule has 0 bridgehead atoms. The molecule has 9 nitrogen and oxygen atoms in total. The SMILES string of the molecule is COC(=O)c1ccc(C(=O)Nc2cccc([C@H](C)Nc3cnc4cnn(C)c4n3)c2)cc1C. The highest BCUT2D eigenvalue weighted by Gasteiger charge is 2.14. The molecule has 2 aromatic carbocycles. The quantitative estimate of drug-likeness (QED) is 0.434. The lowest BCUT2D eigenvalue weighted by Crippen LogP contribution is -2.14. The van der Waals surface area contributed by atoms with Gasteiger partial charge in [-0.15, -0.1) is 0 Å². The molecule has 2 aromatic heterocycles. The standard InChI is InChI=1S/C24H24N6O3/c1-14-10-17(8-9-19(14)24(32)33-4)23(31)28-18-7-5-6-16(11-18)15(2)27-21-13-25-20-12-26-30(3)22(20)29-21/h5-13,15H,1-4H3,(H,27,29)(H,28,31)/t15-/m0/s1. The van der Waals surface area contributed by atoms with Crippen LogP contribution in [0.5, 0.6) is 0 Å². The maximum Gasteiger partial charge on any atom is 0.338 e. The number of ether oxygens (including phenoxy) is 1. The molecule has 168 valence electrons. The summed E-state index contributed by atoms with van der Waals surface area (Å²) in [6.45, 7) is 3.77. The number of benzene rings is 2. The maximum absolute atomic E-state index is 12.8. The number of nitrogens with zero attached hydrogens (tertiary/aromatic N) is 4. The van der Waals surface area contributed by atoms with E-state index in [0.717, 1.165) is 11.1 Å². The Morgan fingerprint density at radius 2 is 1.94 bits per heavy atom. The minimum absolute atomic E-state index is 0.0802. The van der Waals surface area contributed by atoms with E-state index >= 15 is 0 Å². The first kappa shape index (κ1) is 21.9. The Hall–Kier alpha value is -4.27. The van der Waals surface area contributed by atoms with Gasteiger partial charge >= 0.3 is 5.97 Å². The third-order valence-electron chi connectivity index (χ3n) is 5.34. The molecule has 4 rings (SSSR count). The minimum Gasteiger partial charge on any atom is -0.465 e. The summed E-state index contributed by atoms with van der Waals surface area (Å²) in [6, 6.07) is 12.4. The molecule has 1 amide bonds. The molecular weight excluding hydrogens is 420 g/mol. The van der Waals surface area contributed by atoms with Gasteiger partial charge in [0.15, 0.2) is 5.65 Å². The zero-order valence-electron chi connectivity index (χ0n) is 18.8. The number of nitrogens with one attached hydrogen (secondary N) is 2. The Kier molecular flexibility index (Phi) is 6.03. The van der Waals surface area contributed by atoms with Crippen LogP contribution in [0.25, 0.3) is 11.2 Å². The van der Waals surface area contributed by atoms with Crippen molar-refractivity contribution in [3.63, 3.8) is 0 Å². The summed E-state index contributed by atoms with van der Waals surface area (Å²) in [6.07, 6.45) is 3.35. The van der Waals surface area contributed by atoms with Crippen LogP contribution < -0.4 is 10.6 Å². The first-order valence-corrected chi connectivity index (χ1v) is 10.4. The summed E-state index contributed by atoms with van der Waals surface area (Å²) in [5.41, 5.74) is 4.62. The first-order valence-electron chi connectivity index (χ1n) is 10.4. The molecule has 0 aliphatic carbocycles. The molecule has 0 radical (unpaired) electrons. The van der Waals surface area contributed by atoms with Crippen LogP contribution in [0.15, 0.2) is 54.9 Å². The summed E-state index contributed by atoms with van der Waals surface area (Å²) in [5.74, 6) is -0.0603.